The first kappa shape index (κ1) is 23.7. The van der Waals surface area contributed by atoms with Gasteiger partial charge in [-0.15, -0.1) is 0 Å². The second-order valence-electron chi connectivity index (χ2n) is 9.89. The van der Waals surface area contributed by atoms with Crippen molar-refractivity contribution in [3.63, 3.8) is 0 Å². The summed E-state index contributed by atoms with van der Waals surface area (Å²) in [5.41, 5.74) is 12.5. The molecular formula is C29H30N6O. The van der Waals surface area contributed by atoms with Crippen molar-refractivity contribution in [2.45, 2.75) is 39.4 Å². The van der Waals surface area contributed by atoms with Crippen LogP contribution < -0.4 is 16.6 Å². The van der Waals surface area contributed by atoms with Crippen LogP contribution in [0, 0.1) is 0 Å². The molecule has 3 aromatic carbocycles. The highest BCUT2D eigenvalue weighted by atomic mass is 16.1. The minimum atomic E-state index is -0.182. The number of rotatable bonds is 6. The van der Waals surface area contributed by atoms with Gasteiger partial charge in [-0.2, -0.15) is 0 Å². The van der Waals surface area contributed by atoms with Gasteiger partial charge >= 0.3 is 0 Å². The smallest absolute Gasteiger partial charge is 0.284 e. The SMILES string of the molecule is CC(C)(C)NCc1ccccc1-c1ccc(-n2cnc3ncn(-c4cccc(CN)c4)c3c2=O)cc1. The summed E-state index contributed by atoms with van der Waals surface area (Å²) in [6.45, 7) is 7.68. The second-order valence-corrected chi connectivity index (χ2v) is 9.89. The average Bonchev–Trinajstić information content (AvgIpc) is 3.33. The summed E-state index contributed by atoms with van der Waals surface area (Å²) in [5, 5.41) is 3.56. The average molecular weight is 479 g/mol. The van der Waals surface area contributed by atoms with E-state index in [1.54, 1.807) is 15.5 Å². The topological polar surface area (TPSA) is 90.8 Å². The van der Waals surface area contributed by atoms with E-state index in [1.165, 1.54) is 17.5 Å². The molecule has 182 valence electrons. The lowest BCUT2D eigenvalue weighted by Gasteiger charge is -2.21. The number of hydrogen-bond acceptors (Lipinski definition) is 5. The fourth-order valence-corrected chi connectivity index (χ4v) is 4.24. The highest BCUT2D eigenvalue weighted by Gasteiger charge is 2.15. The van der Waals surface area contributed by atoms with Crippen LogP contribution in [0.2, 0.25) is 0 Å². The van der Waals surface area contributed by atoms with E-state index in [2.05, 4.69) is 54.3 Å². The van der Waals surface area contributed by atoms with Crippen molar-refractivity contribution in [1.82, 2.24) is 24.4 Å². The van der Waals surface area contributed by atoms with Crippen LogP contribution in [0.3, 0.4) is 0 Å². The Labute approximate surface area is 210 Å². The molecule has 0 spiro atoms. The predicted molar refractivity (Wildman–Crippen MR) is 144 cm³/mol. The first-order chi connectivity index (χ1) is 17.3. The zero-order chi connectivity index (χ0) is 25.3. The molecule has 0 aliphatic heterocycles. The Morgan fingerprint density at radius 2 is 1.58 bits per heavy atom. The lowest BCUT2D eigenvalue weighted by atomic mass is 9.98. The quantitative estimate of drug-likeness (QED) is 0.373. The van der Waals surface area contributed by atoms with Gasteiger partial charge in [-0.25, -0.2) is 9.97 Å². The van der Waals surface area contributed by atoms with Crippen LogP contribution in [0.25, 0.3) is 33.7 Å². The van der Waals surface area contributed by atoms with Crippen LogP contribution in [-0.2, 0) is 13.1 Å². The van der Waals surface area contributed by atoms with Crippen LogP contribution in [0.5, 0.6) is 0 Å². The molecule has 0 atom stereocenters. The van der Waals surface area contributed by atoms with E-state index < -0.39 is 0 Å². The third-order valence-corrected chi connectivity index (χ3v) is 6.17. The maximum atomic E-state index is 13.6. The molecule has 0 amide bonds. The summed E-state index contributed by atoms with van der Waals surface area (Å²) in [6.07, 6.45) is 3.17. The van der Waals surface area contributed by atoms with E-state index in [9.17, 15) is 4.79 Å². The van der Waals surface area contributed by atoms with Crippen molar-refractivity contribution in [2.24, 2.45) is 5.73 Å². The van der Waals surface area contributed by atoms with Gasteiger partial charge in [0.2, 0.25) is 0 Å². The normalized spacial score (nSPS) is 11.8. The van der Waals surface area contributed by atoms with E-state index in [4.69, 9.17) is 5.73 Å². The molecule has 0 saturated heterocycles. The molecule has 0 saturated carbocycles. The maximum Gasteiger partial charge on any atom is 0.284 e. The van der Waals surface area contributed by atoms with Crippen LogP contribution in [0.4, 0.5) is 0 Å². The molecule has 0 aliphatic rings. The molecule has 0 bridgehead atoms. The summed E-state index contributed by atoms with van der Waals surface area (Å²) >= 11 is 0. The van der Waals surface area contributed by atoms with Gasteiger partial charge in [0.05, 0.1) is 5.69 Å². The Hall–Kier alpha value is -4.07. The Morgan fingerprint density at radius 1 is 0.861 bits per heavy atom. The van der Waals surface area contributed by atoms with E-state index in [-0.39, 0.29) is 11.1 Å². The number of imidazole rings is 1. The van der Waals surface area contributed by atoms with Crippen molar-refractivity contribution in [3.8, 4) is 22.5 Å². The molecule has 2 aromatic heterocycles. The molecule has 0 unspecified atom stereocenters. The van der Waals surface area contributed by atoms with Gasteiger partial charge in [-0.3, -0.25) is 13.9 Å². The maximum absolute atomic E-state index is 13.6. The van der Waals surface area contributed by atoms with E-state index in [1.807, 2.05) is 54.6 Å². The first-order valence-electron chi connectivity index (χ1n) is 12.0. The van der Waals surface area contributed by atoms with E-state index >= 15 is 0 Å². The first-order valence-corrected chi connectivity index (χ1v) is 12.0. The summed E-state index contributed by atoms with van der Waals surface area (Å²) in [5.74, 6) is 0. The second kappa shape index (κ2) is 9.53. The fraction of sp³-hybridized carbons (Fsp3) is 0.207. The summed E-state index contributed by atoms with van der Waals surface area (Å²) in [6, 6.07) is 24.1. The Bertz CT molecular complexity index is 1570. The fourth-order valence-electron chi connectivity index (χ4n) is 4.24. The molecule has 36 heavy (non-hydrogen) atoms. The van der Waals surface area contributed by atoms with Crippen LogP contribution in [0.15, 0.2) is 90.2 Å². The van der Waals surface area contributed by atoms with Crippen molar-refractivity contribution in [3.05, 3.63) is 107 Å². The number of fused-ring (bicyclic) bond motifs is 1. The predicted octanol–water partition coefficient (Wildman–Crippen LogP) is 4.59. The number of nitrogens with one attached hydrogen (secondary N) is 1. The number of hydrogen-bond donors (Lipinski definition) is 2. The van der Waals surface area contributed by atoms with Crippen LogP contribution in [-0.4, -0.2) is 24.6 Å². The van der Waals surface area contributed by atoms with Crippen molar-refractivity contribution in [1.29, 1.82) is 0 Å². The standard InChI is InChI=1S/C29H30N6O/c1-29(2,3)33-17-22-8-4-5-10-25(22)21-11-13-23(14-12-21)35-19-32-27-26(28(35)36)34(18-31-27)24-9-6-7-20(15-24)16-30/h4-15,18-19,33H,16-17,30H2,1-3H3. The van der Waals surface area contributed by atoms with Gasteiger partial charge in [-0.1, -0.05) is 48.5 Å². The van der Waals surface area contributed by atoms with Gasteiger partial charge in [0.15, 0.2) is 11.2 Å². The highest BCUT2D eigenvalue weighted by Crippen LogP contribution is 2.25. The van der Waals surface area contributed by atoms with E-state index in [0.717, 1.165) is 29.0 Å². The zero-order valence-electron chi connectivity index (χ0n) is 20.8. The van der Waals surface area contributed by atoms with Gasteiger partial charge in [-0.05, 0) is 67.3 Å². The number of nitrogens with zero attached hydrogens (tertiary/aromatic N) is 4. The highest BCUT2D eigenvalue weighted by molar-refractivity contribution is 5.73. The van der Waals surface area contributed by atoms with Gasteiger partial charge in [0.1, 0.15) is 12.7 Å². The van der Waals surface area contributed by atoms with Crippen LogP contribution in [0.1, 0.15) is 31.9 Å². The molecule has 7 nitrogen and oxygen atoms in total. The molecule has 0 radical (unpaired) electrons. The summed E-state index contributed by atoms with van der Waals surface area (Å²) in [4.78, 5) is 22.3. The Balaban J connectivity index is 1.51. The molecule has 0 aliphatic carbocycles. The van der Waals surface area contributed by atoms with Crippen molar-refractivity contribution in [2.75, 3.05) is 0 Å². The van der Waals surface area contributed by atoms with Gasteiger partial charge in [0.25, 0.3) is 5.56 Å². The number of aromatic nitrogens is 4. The molecule has 5 rings (SSSR count). The largest absolute Gasteiger partial charge is 0.326 e. The Kier molecular flexibility index (Phi) is 6.26. The van der Waals surface area contributed by atoms with Crippen molar-refractivity contribution >= 4 is 11.2 Å². The number of benzene rings is 3. The lowest BCUT2D eigenvalue weighted by Crippen LogP contribution is -2.35. The monoisotopic (exact) mass is 478 g/mol. The van der Waals surface area contributed by atoms with Crippen molar-refractivity contribution < 1.29 is 0 Å². The van der Waals surface area contributed by atoms with Crippen LogP contribution >= 0.6 is 0 Å². The zero-order valence-corrected chi connectivity index (χ0v) is 20.8. The van der Waals surface area contributed by atoms with Gasteiger partial charge < -0.3 is 11.1 Å². The summed E-state index contributed by atoms with van der Waals surface area (Å²) < 4.78 is 3.33. The molecule has 0 fully saturated rings. The van der Waals surface area contributed by atoms with Gasteiger partial charge in [0, 0.05) is 24.3 Å². The lowest BCUT2D eigenvalue weighted by molar-refractivity contribution is 0.424. The number of nitrogens with two attached hydrogens (primary N) is 1. The molecule has 2 heterocycles. The minimum absolute atomic E-state index is 0.0297. The third kappa shape index (κ3) is 4.71. The van der Waals surface area contributed by atoms with E-state index in [0.29, 0.717) is 17.7 Å². The molecular weight excluding hydrogens is 448 g/mol. The Morgan fingerprint density at radius 3 is 2.31 bits per heavy atom. The minimum Gasteiger partial charge on any atom is -0.326 e. The summed E-state index contributed by atoms with van der Waals surface area (Å²) in [7, 11) is 0. The molecule has 7 heteroatoms. The third-order valence-electron chi connectivity index (χ3n) is 6.17. The molecule has 5 aromatic rings. The molecule has 3 N–H and O–H groups in total.